The van der Waals surface area contributed by atoms with Crippen LogP contribution in [0, 0.1) is 0 Å². The van der Waals surface area contributed by atoms with Crippen molar-refractivity contribution in [2.45, 2.75) is 6.10 Å². The smallest absolute Gasteiger partial charge is 0.314 e. The van der Waals surface area contributed by atoms with Gasteiger partial charge in [-0.25, -0.2) is 0 Å². The third-order valence-corrected chi connectivity index (χ3v) is 2.97. The van der Waals surface area contributed by atoms with E-state index in [9.17, 15) is 14.7 Å². The van der Waals surface area contributed by atoms with Crippen molar-refractivity contribution in [3.05, 3.63) is 34.7 Å². The molecule has 1 atom stereocenters. The molecule has 0 saturated carbocycles. The zero-order valence-corrected chi connectivity index (χ0v) is 10.5. The van der Waals surface area contributed by atoms with Gasteiger partial charge >= 0.3 is 11.8 Å². The SMILES string of the molecule is O=C(NCC(O)c1ccsc1)C(=O)Nc1ccon1. The number of nitrogens with zero attached hydrogens (tertiary/aromatic N) is 1. The van der Waals surface area contributed by atoms with Crippen LogP contribution in [0.1, 0.15) is 11.7 Å². The van der Waals surface area contributed by atoms with Crippen molar-refractivity contribution in [3.8, 4) is 0 Å². The number of aliphatic hydroxyl groups is 1. The maximum atomic E-state index is 11.5. The molecule has 0 saturated heterocycles. The van der Waals surface area contributed by atoms with Gasteiger partial charge < -0.3 is 14.9 Å². The lowest BCUT2D eigenvalue weighted by atomic mass is 10.2. The molecule has 2 aromatic heterocycles. The van der Waals surface area contributed by atoms with Crippen LogP contribution in [0.3, 0.4) is 0 Å². The highest BCUT2D eigenvalue weighted by Gasteiger charge is 2.16. The second kappa shape index (κ2) is 6.12. The Morgan fingerprint density at radius 3 is 2.89 bits per heavy atom. The van der Waals surface area contributed by atoms with E-state index in [0.29, 0.717) is 5.56 Å². The molecule has 2 aromatic rings. The molecular formula is C11H11N3O4S. The molecule has 2 heterocycles. The summed E-state index contributed by atoms with van der Waals surface area (Å²) >= 11 is 1.44. The number of anilines is 1. The van der Waals surface area contributed by atoms with Gasteiger partial charge in [-0.05, 0) is 22.4 Å². The Bertz CT molecular complexity index is 538. The number of thiophene rings is 1. The lowest BCUT2D eigenvalue weighted by molar-refractivity contribution is -0.136. The predicted molar refractivity (Wildman–Crippen MR) is 67.4 cm³/mol. The van der Waals surface area contributed by atoms with E-state index in [1.807, 2.05) is 5.38 Å². The van der Waals surface area contributed by atoms with Gasteiger partial charge in [0.25, 0.3) is 0 Å². The summed E-state index contributed by atoms with van der Waals surface area (Å²) in [6.45, 7) is -0.0399. The second-order valence-corrected chi connectivity index (χ2v) is 4.40. The van der Waals surface area contributed by atoms with Crippen molar-refractivity contribution in [1.29, 1.82) is 0 Å². The quantitative estimate of drug-likeness (QED) is 0.709. The maximum Gasteiger partial charge on any atom is 0.314 e. The number of aliphatic hydroxyl groups excluding tert-OH is 1. The van der Waals surface area contributed by atoms with E-state index in [1.54, 1.807) is 11.4 Å². The second-order valence-electron chi connectivity index (χ2n) is 3.62. The number of rotatable bonds is 4. The van der Waals surface area contributed by atoms with Gasteiger partial charge in [-0.2, -0.15) is 11.3 Å². The standard InChI is InChI=1S/C11H11N3O4S/c15-8(7-2-4-19-6-7)5-12-10(16)11(17)13-9-1-3-18-14-9/h1-4,6,8,15H,5H2,(H,12,16)(H,13,14,17). The number of hydrogen-bond acceptors (Lipinski definition) is 6. The molecule has 7 nitrogen and oxygen atoms in total. The minimum absolute atomic E-state index is 0.0399. The summed E-state index contributed by atoms with van der Waals surface area (Å²) in [5, 5.41) is 21.3. The molecular weight excluding hydrogens is 270 g/mol. The van der Waals surface area contributed by atoms with Crippen LogP contribution in [-0.4, -0.2) is 28.6 Å². The number of carbonyl (C=O) groups is 2. The molecule has 0 radical (unpaired) electrons. The first-order valence-corrected chi connectivity index (χ1v) is 6.31. The van der Waals surface area contributed by atoms with Crippen LogP contribution < -0.4 is 10.6 Å². The van der Waals surface area contributed by atoms with Gasteiger partial charge in [-0.1, -0.05) is 5.16 Å². The molecule has 100 valence electrons. The molecule has 0 aliphatic rings. The van der Waals surface area contributed by atoms with Crippen LogP contribution in [0.5, 0.6) is 0 Å². The van der Waals surface area contributed by atoms with E-state index in [0.717, 1.165) is 0 Å². The summed E-state index contributed by atoms with van der Waals surface area (Å²) in [5.41, 5.74) is 0.696. The fraction of sp³-hybridized carbons (Fsp3) is 0.182. The van der Waals surface area contributed by atoms with Crippen LogP contribution >= 0.6 is 11.3 Å². The van der Waals surface area contributed by atoms with Gasteiger partial charge in [-0.3, -0.25) is 14.9 Å². The van der Waals surface area contributed by atoms with Crippen LogP contribution in [0.15, 0.2) is 33.7 Å². The average Bonchev–Trinajstić information content (AvgIpc) is 3.07. The Kier molecular flexibility index (Phi) is 4.26. The molecule has 2 amide bonds. The van der Waals surface area contributed by atoms with Gasteiger partial charge in [-0.15, -0.1) is 0 Å². The Morgan fingerprint density at radius 1 is 1.42 bits per heavy atom. The van der Waals surface area contributed by atoms with E-state index in [4.69, 9.17) is 0 Å². The van der Waals surface area contributed by atoms with E-state index in [1.165, 1.54) is 23.7 Å². The summed E-state index contributed by atoms with van der Waals surface area (Å²) in [5.74, 6) is -1.57. The molecule has 0 fully saturated rings. The van der Waals surface area contributed by atoms with Crippen molar-refractivity contribution in [1.82, 2.24) is 10.5 Å². The van der Waals surface area contributed by atoms with Crippen molar-refractivity contribution in [3.63, 3.8) is 0 Å². The summed E-state index contributed by atoms with van der Waals surface area (Å²) in [6, 6.07) is 3.16. The number of nitrogens with one attached hydrogen (secondary N) is 2. The highest BCUT2D eigenvalue weighted by molar-refractivity contribution is 7.07. The zero-order chi connectivity index (χ0) is 13.7. The molecule has 8 heteroatoms. The van der Waals surface area contributed by atoms with Crippen molar-refractivity contribution in [2.24, 2.45) is 0 Å². The molecule has 0 aromatic carbocycles. The number of aromatic nitrogens is 1. The Labute approximate surface area is 112 Å². The van der Waals surface area contributed by atoms with E-state index >= 15 is 0 Å². The van der Waals surface area contributed by atoms with Gasteiger partial charge in [0.05, 0.1) is 6.10 Å². The summed E-state index contributed by atoms with van der Waals surface area (Å²) in [4.78, 5) is 22.9. The zero-order valence-electron chi connectivity index (χ0n) is 9.70. The first kappa shape index (κ1) is 13.2. The van der Waals surface area contributed by atoms with E-state index in [-0.39, 0.29) is 12.4 Å². The van der Waals surface area contributed by atoms with Crippen LogP contribution in [0.2, 0.25) is 0 Å². The molecule has 0 bridgehead atoms. The molecule has 1 unspecified atom stereocenters. The fourth-order valence-electron chi connectivity index (χ4n) is 1.30. The molecule has 3 N–H and O–H groups in total. The topological polar surface area (TPSA) is 104 Å². The molecule has 2 rings (SSSR count). The summed E-state index contributed by atoms with van der Waals surface area (Å²) < 4.78 is 4.51. The van der Waals surface area contributed by atoms with Gasteiger partial charge in [0, 0.05) is 12.6 Å². The molecule has 19 heavy (non-hydrogen) atoms. The van der Waals surface area contributed by atoms with Gasteiger partial charge in [0.15, 0.2) is 5.82 Å². The largest absolute Gasteiger partial charge is 0.387 e. The average molecular weight is 281 g/mol. The van der Waals surface area contributed by atoms with Crippen molar-refractivity contribution < 1.29 is 19.2 Å². The number of carbonyl (C=O) groups excluding carboxylic acids is 2. The van der Waals surface area contributed by atoms with Crippen molar-refractivity contribution in [2.75, 3.05) is 11.9 Å². The lowest BCUT2D eigenvalue weighted by Gasteiger charge is -2.09. The highest BCUT2D eigenvalue weighted by Crippen LogP contribution is 2.14. The fourth-order valence-corrected chi connectivity index (χ4v) is 2.01. The normalized spacial score (nSPS) is 11.8. The number of hydrogen-bond donors (Lipinski definition) is 3. The van der Waals surface area contributed by atoms with Crippen LogP contribution in [0.4, 0.5) is 5.82 Å². The number of amides is 2. The highest BCUT2D eigenvalue weighted by atomic mass is 32.1. The minimum Gasteiger partial charge on any atom is -0.387 e. The van der Waals surface area contributed by atoms with E-state index in [2.05, 4.69) is 20.3 Å². The van der Waals surface area contributed by atoms with Gasteiger partial charge in [0.2, 0.25) is 0 Å². The third-order valence-electron chi connectivity index (χ3n) is 2.27. The predicted octanol–water partition coefficient (Wildman–Crippen LogP) is 0.524. The Hall–Kier alpha value is -2.19. The first-order chi connectivity index (χ1) is 9.16. The monoisotopic (exact) mass is 281 g/mol. The molecule has 0 aliphatic heterocycles. The Balaban J connectivity index is 1.79. The lowest BCUT2D eigenvalue weighted by Crippen LogP contribution is -2.37. The molecule has 0 aliphatic carbocycles. The van der Waals surface area contributed by atoms with Crippen molar-refractivity contribution >= 4 is 29.0 Å². The van der Waals surface area contributed by atoms with Gasteiger partial charge in [0.1, 0.15) is 6.26 Å². The summed E-state index contributed by atoms with van der Waals surface area (Å²) in [6.07, 6.45) is 0.434. The molecule has 0 spiro atoms. The van der Waals surface area contributed by atoms with Crippen LogP contribution in [-0.2, 0) is 9.59 Å². The summed E-state index contributed by atoms with van der Waals surface area (Å²) in [7, 11) is 0. The first-order valence-electron chi connectivity index (χ1n) is 5.36. The van der Waals surface area contributed by atoms with E-state index < -0.39 is 17.9 Å². The Morgan fingerprint density at radius 2 is 2.26 bits per heavy atom. The minimum atomic E-state index is -0.869. The maximum absolute atomic E-state index is 11.5. The third kappa shape index (κ3) is 3.63. The van der Waals surface area contributed by atoms with Crippen LogP contribution in [0.25, 0.3) is 0 Å².